The van der Waals surface area contributed by atoms with Crippen molar-refractivity contribution in [1.29, 1.82) is 0 Å². The number of carboxylic acids is 1. The Morgan fingerprint density at radius 2 is 0.587 bits per heavy atom. The van der Waals surface area contributed by atoms with Crippen molar-refractivity contribution in [3.8, 4) is 0 Å². The molecule has 17 heteroatoms. The number of hydrogen-bond acceptors (Lipinski definition) is 16. The normalized spacial score (nSPS) is 11.2. The van der Waals surface area contributed by atoms with Gasteiger partial charge in [0.25, 0.3) is 0 Å². The number of ketones is 1. The number of carboxylic acid groups (broad SMARTS) is 1. The topological polar surface area (TPSA) is 202 Å². The van der Waals surface area contributed by atoms with Crippen molar-refractivity contribution in [2.45, 2.75) is 12.8 Å². The Morgan fingerprint density at radius 3 is 0.826 bits per heavy atom. The molecule has 0 aromatic heterocycles. The number of esters is 1. The second-order valence-corrected chi connectivity index (χ2v) is 8.91. The molecular formula is C29H54O17. The first-order valence-electron chi connectivity index (χ1n) is 15.5. The van der Waals surface area contributed by atoms with Crippen LogP contribution in [-0.2, 0) is 71.2 Å². The lowest BCUT2D eigenvalue weighted by Crippen LogP contribution is -2.17. The molecule has 0 rings (SSSR count). The minimum Gasteiger partial charge on any atom is -0.476 e. The fourth-order valence-corrected chi connectivity index (χ4v) is 2.97. The average Bonchev–Trinajstić information content (AvgIpc) is 3.05. The number of rotatable bonds is 39. The fourth-order valence-electron chi connectivity index (χ4n) is 2.97. The van der Waals surface area contributed by atoms with Crippen molar-refractivity contribution in [2.75, 3.05) is 159 Å². The van der Waals surface area contributed by atoms with Gasteiger partial charge < -0.3 is 67.1 Å². The first-order chi connectivity index (χ1) is 22.6. The molecule has 0 saturated carbocycles. The molecule has 0 heterocycles. The van der Waals surface area contributed by atoms with E-state index in [1.807, 2.05) is 0 Å². The Labute approximate surface area is 270 Å². The van der Waals surface area contributed by atoms with E-state index in [0.29, 0.717) is 139 Å². The van der Waals surface area contributed by atoms with Crippen molar-refractivity contribution < 1.29 is 81.4 Å². The number of carbonyl (C=O) groups is 3. The van der Waals surface area contributed by atoms with Crippen LogP contribution in [0.15, 0.2) is 0 Å². The number of carbonyl (C=O) groups excluding carboxylic acids is 2. The van der Waals surface area contributed by atoms with Gasteiger partial charge in [0, 0.05) is 6.42 Å². The smallest absolute Gasteiger partial charge is 0.372 e. The molecule has 0 unspecified atom stereocenters. The van der Waals surface area contributed by atoms with Gasteiger partial charge >= 0.3 is 11.9 Å². The first-order valence-corrected chi connectivity index (χ1v) is 15.5. The summed E-state index contributed by atoms with van der Waals surface area (Å²) in [5, 5.41) is 17.0. The summed E-state index contributed by atoms with van der Waals surface area (Å²) in [6.07, 6.45) is -0.664. The SMILES string of the molecule is O=C(CCC(=O)C(=O)O)OCCOCCOCCOCCOCCOCCOCCOCCOCCOCCOCCOCCO. The van der Waals surface area contributed by atoms with Gasteiger partial charge in [-0.2, -0.15) is 0 Å². The molecule has 0 bridgehead atoms. The summed E-state index contributed by atoms with van der Waals surface area (Å²) in [7, 11) is 0. The van der Waals surface area contributed by atoms with Crippen molar-refractivity contribution in [2.24, 2.45) is 0 Å². The van der Waals surface area contributed by atoms with Gasteiger partial charge in [0.1, 0.15) is 6.61 Å². The van der Waals surface area contributed by atoms with E-state index in [9.17, 15) is 14.4 Å². The third-order valence-electron chi connectivity index (χ3n) is 5.24. The lowest BCUT2D eigenvalue weighted by atomic mass is 10.2. The van der Waals surface area contributed by atoms with Crippen molar-refractivity contribution in [3.05, 3.63) is 0 Å². The molecule has 0 atom stereocenters. The molecule has 2 N–H and O–H groups in total. The molecule has 0 aromatic rings. The van der Waals surface area contributed by atoms with Crippen LogP contribution in [0.3, 0.4) is 0 Å². The number of aliphatic hydroxyl groups excluding tert-OH is 1. The summed E-state index contributed by atoms with van der Waals surface area (Å²) in [5.74, 6) is -3.24. The lowest BCUT2D eigenvalue weighted by Gasteiger charge is -2.09. The van der Waals surface area contributed by atoms with Crippen molar-refractivity contribution in [1.82, 2.24) is 0 Å². The summed E-state index contributed by atoms with van der Waals surface area (Å²) in [6.45, 7) is 9.53. The van der Waals surface area contributed by atoms with E-state index in [-0.39, 0.29) is 32.7 Å². The van der Waals surface area contributed by atoms with Gasteiger partial charge in [-0.05, 0) is 0 Å². The molecule has 0 aliphatic rings. The minimum atomic E-state index is -1.56. The molecule has 0 aliphatic heterocycles. The lowest BCUT2D eigenvalue weighted by molar-refractivity contribution is -0.151. The van der Waals surface area contributed by atoms with Crippen LogP contribution in [0, 0.1) is 0 Å². The van der Waals surface area contributed by atoms with Crippen LogP contribution in [0.4, 0.5) is 0 Å². The van der Waals surface area contributed by atoms with Gasteiger partial charge in [0.05, 0.1) is 158 Å². The second-order valence-electron chi connectivity index (χ2n) is 8.91. The van der Waals surface area contributed by atoms with Gasteiger partial charge in [-0.1, -0.05) is 0 Å². The number of hydrogen-bond donors (Lipinski definition) is 2. The summed E-state index contributed by atoms with van der Waals surface area (Å²) >= 11 is 0. The molecule has 0 fully saturated rings. The Morgan fingerprint density at radius 1 is 0.348 bits per heavy atom. The molecule has 0 amide bonds. The summed E-state index contributed by atoms with van der Waals surface area (Å²) < 4.78 is 63.8. The number of aliphatic carboxylic acids is 1. The van der Waals surface area contributed by atoms with E-state index in [1.165, 1.54) is 0 Å². The standard InChI is InChI=1S/C29H54O17/c30-3-4-35-5-6-36-7-8-37-9-10-38-11-12-39-13-14-40-15-16-41-17-18-42-19-20-43-21-22-44-23-24-45-25-26-46-28(32)2-1-27(31)29(33)34/h30H,1-26H2,(H,33,34). The Balaban J connectivity index is 3.11. The highest BCUT2D eigenvalue weighted by atomic mass is 16.6. The summed E-state index contributed by atoms with van der Waals surface area (Å²) in [4.78, 5) is 32.6. The molecule has 0 aromatic carbocycles. The average molecular weight is 675 g/mol. The third-order valence-corrected chi connectivity index (χ3v) is 5.24. The number of aliphatic hydroxyl groups is 1. The van der Waals surface area contributed by atoms with E-state index in [1.54, 1.807) is 0 Å². The molecule has 0 spiro atoms. The maximum atomic E-state index is 11.4. The maximum absolute atomic E-state index is 11.4. The molecule has 0 saturated heterocycles. The molecular weight excluding hydrogens is 620 g/mol. The highest BCUT2D eigenvalue weighted by Gasteiger charge is 2.14. The molecule has 0 aliphatic carbocycles. The van der Waals surface area contributed by atoms with E-state index in [0.717, 1.165) is 0 Å². The zero-order valence-corrected chi connectivity index (χ0v) is 26.9. The highest BCUT2D eigenvalue weighted by molar-refractivity contribution is 6.32. The van der Waals surface area contributed by atoms with E-state index in [2.05, 4.69) is 0 Å². The number of Topliss-reactive ketones (excluding diaryl/α,β-unsaturated/α-hetero) is 1. The van der Waals surface area contributed by atoms with Crippen LogP contribution in [-0.4, -0.2) is 187 Å². The quantitative estimate of drug-likeness (QED) is 0.0463. The van der Waals surface area contributed by atoms with Gasteiger partial charge in [0.15, 0.2) is 0 Å². The molecule has 17 nitrogen and oxygen atoms in total. The second kappa shape index (κ2) is 37.6. The van der Waals surface area contributed by atoms with Gasteiger partial charge in [0.2, 0.25) is 5.78 Å². The summed E-state index contributed by atoms with van der Waals surface area (Å²) in [5.41, 5.74) is 0. The van der Waals surface area contributed by atoms with Gasteiger partial charge in [-0.3, -0.25) is 9.59 Å². The largest absolute Gasteiger partial charge is 0.476 e. The van der Waals surface area contributed by atoms with Crippen LogP contribution in [0.5, 0.6) is 0 Å². The van der Waals surface area contributed by atoms with Crippen LogP contribution in [0.2, 0.25) is 0 Å². The van der Waals surface area contributed by atoms with Gasteiger partial charge in [-0.15, -0.1) is 0 Å². The van der Waals surface area contributed by atoms with E-state index in [4.69, 9.17) is 67.1 Å². The fraction of sp³-hybridized carbons (Fsp3) is 0.897. The molecule has 0 radical (unpaired) electrons. The zero-order valence-electron chi connectivity index (χ0n) is 26.9. The first kappa shape index (κ1) is 44.1. The molecule has 46 heavy (non-hydrogen) atoms. The monoisotopic (exact) mass is 674 g/mol. The highest BCUT2D eigenvalue weighted by Crippen LogP contribution is 1.95. The van der Waals surface area contributed by atoms with Crippen molar-refractivity contribution >= 4 is 17.7 Å². The maximum Gasteiger partial charge on any atom is 0.372 e. The number of ether oxygens (including phenoxy) is 12. The minimum absolute atomic E-state index is 0.0115. The molecule has 272 valence electrons. The van der Waals surface area contributed by atoms with Crippen molar-refractivity contribution in [3.63, 3.8) is 0 Å². The Hall–Kier alpha value is -1.87. The predicted octanol–water partition coefficient (Wildman–Crippen LogP) is -0.862. The third kappa shape index (κ3) is 36.6. The predicted molar refractivity (Wildman–Crippen MR) is 159 cm³/mol. The zero-order chi connectivity index (χ0) is 33.6. The Bertz CT molecular complexity index is 682. The van der Waals surface area contributed by atoms with Crippen LogP contribution in [0.25, 0.3) is 0 Å². The Kier molecular flexibility index (Phi) is 36.1. The van der Waals surface area contributed by atoms with E-state index < -0.39 is 17.7 Å². The van der Waals surface area contributed by atoms with Crippen LogP contribution in [0.1, 0.15) is 12.8 Å². The summed E-state index contributed by atoms with van der Waals surface area (Å²) in [6, 6.07) is 0. The van der Waals surface area contributed by atoms with E-state index >= 15 is 0 Å². The van der Waals surface area contributed by atoms with Crippen LogP contribution >= 0.6 is 0 Å². The van der Waals surface area contributed by atoms with Gasteiger partial charge in [-0.25, -0.2) is 4.79 Å². The van der Waals surface area contributed by atoms with Crippen LogP contribution < -0.4 is 0 Å².